The summed E-state index contributed by atoms with van der Waals surface area (Å²) in [6.07, 6.45) is 2.82. The molecule has 2 aromatic rings. The zero-order valence-corrected chi connectivity index (χ0v) is 10.9. The van der Waals surface area contributed by atoms with Crippen LogP contribution in [0.2, 0.25) is 0 Å². The van der Waals surface area contributed by atoms with Gasteiger partial charge in [0.15, 0.2) is 0 Å². The van der Waals surface area contributed by atoms with Crippen molar-refractivity contribution in [3.05, 3.63) is 65.2 Å². The van der Waals surface area contributed by atoms with Gasteiger partial charge >= 0.3 is 0 Å². The molecule has 0 bridgehead atoms. The van der Waals surface area contributed by atoms with Crippen molar-refractivity contribution < 1.29 is 9.18 Å². The summed E-state index contributed by atoms with van der Waals surface area (Å²) in [6, 6.07) is 9.40. The molecule has 100 valence electrons. The summed E-state index contributed by atoms with van der Waals surface area (Å²) in [7, 11) is 1.64. The van der Waals surface area contributed by atoms with Crippen LogP contribution in [0.4, 0.5) is 4.39 Å². The van der Waals surface area contributed by atoms with Crippen molar-refractivity contribution in [1.82, 2.24) is 9.88 Å². The fourth-order valence-electron chi connectivity index (χ4n) is 1.77. The second-order valence-electron chi connectivity index (χ2n) is 4.36. The molecule has 0 saturated heterocycles. The molecule has 1 aromatic carbocycles. The number of benzene rings is 1. The molecule has 0 fully saturated rings. The SMILES string of the molecule is CN(Cc1ccc(F)cc1)C(=O)c1cncc(C#N)c1. The first-order chi connectivity index (χ1) is 9.60. The van der Waals surface area contributed by atoms with Crippen LogP contribution in [0.25, 0.3) is 0 Å². The van der Waals surface area contributed by atoms with E-state index in [0.29, 0.717) is 17.7 Å². The van der Waals surface area contributed by atoms with Crippen LogP contribution in [0.1, 0.15) is 21.5 Å². The maximum Gasteiger partial charge on any atom is 0.255 e. The molecule has 0 atom stereocenters. The molecule has 1 heterocycles. The minimum atomic E-state index is -0.311. The Morgan fingerprint density at radius 3 is 2.70 bits per heavy atom. The third kappa shape index (κ3) is 3.18. The topological polar surface area (TPSA) is 57.0 Å². The molecule has 0 aliphatic rings. The molecule has 0 aliphatic heterocycles. The lowest BCUT2D eigenvalue weighted by Gasteiger charge is -2.17. The smallest absolute Gasteiger partial charge is 0.255 e. The van der Waals surface area contributed by atoms with Gasteiger partial charge in [-0.25, -0.2) is 4.39 Å². The van der Waals surface area contributed by atoms with E-state index in [0.717, 1.165) is 5.56 Å². The van der Waals surface area contributed by atoms with Gasteiger partial charge in [0.1, 0.15) is 11.9 Å². The standard InChI is InChI=1S/C15H12FN3O/c1-19(10-11-2-4-14(16)5-3-11)15(20)13-6-12(7-17)8-18-9-13/h2-6,8-9H,10H2,1H3. The second-order valence-corrected chi connectivity index (χ2v) is 4.36. The third-order valence-electron chi connectivity index (χ3n) is 2.79. The highest BCUT2D eigenvalue weighted by atomic mass is 19.1. The van der Waals surface area contributed by atoms with Crippen molar-refractivity contribution in [2.75, 3.05) is 7.05 Å². The van der Waals surface area contributed by atoms with Gasteiger partial charge in [-0.1, -0.05) is 12.1 Å². The summed E-state index contributed by atoms with van der Waals surface area (Å²) in [6.45, 7) is 0.357. The van der Waals surface area contributed by atoms with E-state index in [4.69, 9.17) is 5.26 Å². The number of amides is 1. The molecule has 0 radical (unpaired) electrons. The monoisotopic (exact) mass is 269 g/mol. The summed E-state index contributed by atoms with van der Waals surface area (Å²) in [5.74, 6) is -0.549. The fourth-order valence-corrected chi connectivity index (χ4v) is 1.77. The zero-order valence-electron chi connectivity index (χ0n) is 10.9. The minimum Gasteiger partial charge on any atom is -0.337 e. The Hall–Kier alpha value is -2.74. The summed E-state index contributed by atoms with van der Waals surface area (Å²) in [5.41, 5.74) is 1.52. The van der Waals surface area contributed by atoms with Gasteiger partial charge in [0.25, 0.3) is 5.91 Å². The minimum absolute atomic E-state index is 0.237. The Balaban J connectivity index is 2.12. The van der Waals surface area contributed by atoms with E-state index in [1.807, 2.05) is 6.07 Å². The predicted octanol–water partition coefficient (Wildman–Crippen LogP) is 2.36. The number of hydrogen-bond donors (Lipinski definition) is 0. The van der Waals surface area contributed by atoms with Gasteiger partial charge in [0.05, 0.1) is 11.1 Å². The van der Waals surface area contributed by atoms with E-state index >= 15 is 0 Å². The van der Waals surface area contributed by atoms with Crippen LogP contribution in [-0.2, 0) is 6.54 Å². The van der Waals surface area contributed by atoms with Gasteiger partial charge in [0, 0.05) is 26.0 Å². The van der Waals surface area contributed by atoms with Crippen LogP contribution in [0, 0.1) is 17.1 Å². The maximum absolute atomic E-state index is 12.8. The first-order valence-corrected chi connectivity index (χ1v) is 5.95. The Bertz CT molecular complexity index is 662. The molecule has 20 heavy (non-hydrogen) atoms. The normalized spacial score (nSPS) is 9.85. The Kier molecular flexibility index (Phi) is 4.06. The lowest BCUT2D eigenvalue weighted by molar-refractivity contribution is 0.0784. The summed E-state index contributed by atoms with van der Waals surface area (Å²) < 4.78 is 12.8. The second kappa shape index (κ2) is 5.93. The lowest BCUT2D eigenvalue weighted by Crippen LogP contribution is -2.26. The number of hydrogen-bond acceptors (Lipinski definition) is 3. The van der Waals surface area contributed by atoms with Gasteiger partial charge in [-0.2, -0.15) is 5.26 Å². The molecule has 5 heteroatoms. The molecule has 0 saturated carbocycles. The van der Waals surface area contributed by atoms with Crippen molar-refractivity contribution >= 4 is 5.91 Å². The molecule has 4 nitrogen and oxygen atoms in total. The van der Waals surface area contributed by atoms with Gasteiger partial charge < -0.3 is 4.90 Å². The Labute approximate surface area is 116 Å². The van der Waals surface area contributed by atoms with Crippen molar-refractivity contribution in [2.45, 2.75) is 6.54 Å². The number of aromatic nitrogens is 1. The number of carbonyl (C=O) groups excluding carboxylic acids is 1. The van der Waals surface area contributed by atoms with Crippen molar-refractivity contribution in [3.63, 3.8) is 0 Å². The first-order valence-electron chi connectivity index (χ1n) is 5.95. The summed E-state index contributed by atoms with van der Waals surface area (Å²) in [4.78, 5) is 17.5. The molecule has 1 aromatic heterocycles. The van der Waals surface area contributed by atoms with Crippen molar-refractivity contribution in [3.8, 4) is 6.07 Å². The Morgan fingerprint density at radius 2 is 2.05 bits per heavy atom. The van der Waals surface area contributed by atoms with Crippen LogP contribution in [0.3, 0.4) is 0 Å². The molecule has 2 rings (SSSR count). The average molecular weight is 269 g/mol. The van der Waals surface area contributed by atoms with Crippen LogP contribution >= 0.6 is 0 Å². The van der Waals surface area contributed by atoms with E-state index in [-0.39, 0.29) is 11.7 Å². The quantitative estimate of drug-likeness (QED) is 0.859. The maximum atomic E-state index is 12.8. The number of pyridine rings is 1. The van der Waals surface area contributed by atoms with Crippen LogP contribution < -0.4 is 0 Å². The van der Waals surface area contributed by atoms with E-state index in [1.54, 1.807) is 19.2 Å². The summed E-state index contributed by atoms with van der Waals surface area (Å²) in [5, 5.41) is 8.79. The number of nitriles is 1. The van der Waals surface area contributed by atoms with Gasteiger partial charge in [-0.05, 0) is 23.8 Å². The molecular formula is C15H12FN3O. The number of rotatable bonds is 3. The molecule has 0 unspecified atom stereocenters. The Morgan fingerprint density at radius 1 is 1.35 bits per heavy atom. The van der Waals surface area contributed by atoms with E-state index in [1.165, 1.54) is 35.5 Å². The molecule has 0 N–H and O–H groups in total. The van der Waals surface area contributed by atoms with Crippen molar-refractivity contribution in [2.24, 2.45) is 0 Å². The molecule has 1 amide bonds. The van der Waals surface area contributed by atoms with E-state index in [2.05, 4.69) is 4.98 Å². The zero-order chi connectivity index (χ0) is 14.5. The van der Waals surface area contributed by atoms with E-state index in [9.17, 15) is 9.18 Å². The molecular weight excluding hydrogens is 257 g/mol. The lowest BCUT2D eigenvalue weighted by atomic mass is 10.1. The van der Waals surface area contributed by atoms with E-state index < -0.39 is 0 Å². The van der Waals surface area contributed by atoms with Crippen LogP contribution in [0.5, 0.6) is 0 Å². The number of nitrogens with zero attached hydrogens (tertiary/aromatic N) is 3. The highest BCUT2D eigenvalue weighted by Gasteiger charge is 2.13. The summed E-state index contributed by atoms with van der Waals surface area (Å²) >= 11 is 0. The average Bonchev–Trinajstić information content (AvgIpc) is 2.48. The number of halogens is 1. The fraction of sp³-hybridized carbons (Fsp3) is 0.133. The molecule has 0 aliphatic carbocycles. The highest BCUT2D eigenvalue weighted by molar-refractivity contribution is 5.94. The van der Waals surface area contributed by atoms with Gasteiger partial charge in [-0.15, -0.1) is 0 Å². The highest BCUT2D eigenvalue weighted by Crippen LogP contribution is 2.10. The number of carbonyl (C=O) groups is 1. The van der Waals surface area contributed by atoms with Crippen molar-refractivity contribution in [1.29, 1.82) is 5.26 Å². The largest absolute Gasteiger partial charge is 0.337 e. The van der Waals surface area contributed by atoms with Crippen LogP contribution in [0.15, 0.2) is 42.7 Å². The van der Waals surface area contributed by atoms with Gasteiger partial charge in [0.2, 0.25) is 0 Å². The van der Waals surface area contributed by atoms with Crippen LogP contribution in [-0.4, -0.2) is 22.8 Å². The molecule has 0 spiro atoms. The third-order valence-corrected chi connectivity index (χ3v) is 2.79. The first kappa shape index (κ1) is 13.7. The van der Waals surface area contributed by atoms with Gasteiger partial charge in [-0.3, -0.25) is 9.78 Å². The predicted molar refractivity (Wildman–Crippen MR) is 71.1 cm³/mol.